The van der Waals surface area contributed by atoms with E-state index >= 15 is 0 Å². The molecule has 0 amide bonds. The second kappa shape index (κ2) is 3.85. The molecule has 0 saturated heterocycles. The molecule has 0 bridgehead atoms. The second-order valence-electron chi connectivity index (χ2n) is 3.91. The molecule has 1 aromatic heterocycles. The molecule has 1 aromatic carbocycles. The highest BCUT2D eigenvalue weighted by molar-refractivity contribution is 5.66. The first-order chi connectivity index (χ1) is 7.59. The van der Waals surface area contributed by atoms with Gasteiger partial charge in [-0.3, -0.25) is 4.79 Å². The zero-order chi connectivity index (χ0) is 11.7. The number of nitrogen functional groups attached to an aromatic ring is 1. The number of hydrogen-bond donors (Lipinski definition) is 1. The van der Waals surface area contributed by atoms with Crippen molar-refractivity contribution in [2.24, 2.45) is 7.05 Å². The van der Waals surface area contributed by atoms with Crippen LogP contribution in [0, 0.1) is 6.92 Å². The first kappa shape index (κ1) is 10.5. The lowest BCUT2D eigenvalue weighted by molar-refractivity contribution is 0.863. The molecule has 0 aliphatic rings. The van der Waals surface area contributed by atoms with Crippen LogP contribution < -0.4 is 11.3 Å². The third kappa shape index (κ3) is 1.72. The van der Waals surface area contributed by atoms with Crippen LogP contribution in [-0.2, 0) is 7.05 Å². The highest BCUT2D eigenvalue weighted by Gasteiger charge is 2.04. The summed E-state index contributed by atoms with van der Waals surface area (Å²) in [4.78, 5) is 11.9. The summed E-state index contributed by atoms with van der Waals surface area (Å²) in [5.41, 5.74) is 9.11. The Bertz CT molecular complexity index is 585. The van der Waals surface area contributed by atoms with Crippen molar-refractivity contribution < 1.29 is 0 Å². The summed E-state index contributed by atoms with van der Waals surface area (Å²) in [7, 11) is 1.75. The molecule has 0 atom stereocenters. The molecule has 2 rings (SSSR count). The molecule has 3 heteroatoms. The van der Waals surface area contributed by atoms with Gasteiger partial charge in [-0.1, -0.05) is 6.07 Å². The van der Waals surface area contributed by atoms with E-state index in [2.05, 4.69) is 0 Å². The smallest absolute Gasteiger partial charge is 0.258 e. The SMILES string of the molecule is Cc1cc(-c2cccn(C)c2=O)ccc1N. The maximum atomic E-state index is 11.9. The maximum absolute atomic E-state index is 11.9. The van der Waals surface area contributed by atoms with Gasteiger partial charge in [0.05, 0.1) is 0 Å². The number of aromatic nitrogens is 1. The van der Waals surface area contributed by atoms with Gasteiger partial charge in [0, 0.05) is 24.5 Å². The molecular weight excluding hydrogens is 200 g/mol. The van der Waals surface area contributed by atoms with Crippen LogP contribution in [0.4, 0.5) is 5.69 Å². The largest absolute Gasteiger partial charge is 0.399 e. The minimum Gasteiger partial charge on any atom is -0.399 e. The molecule has 1 heterocycles. The van der Waals surface area contributed by atoms with Gasteiger partial charge in [0.25, 0.3) is 5.56 Å². The third-order valence-electron chi connectivity index (χ3n) is 2.70. The quantitative estimate of drug-likeness (QED) is 0.737. The molecular formula is C13H14N2O. The van der Waals surface area contributed by atoms with Crippen molar-refractivity contribution in [2.45, 2.75) is 6.92 Å². The normalized spacial score (nSPS) is 10.4. The van der Waals surface area contributed by atoms with Gasteiger partial charge >= 0.3 is 0 Å². The van der Waals surface area contributed by atoms with Gasteiger partial charge in [-0.05, 0) is 42.3 Å². The summed E-state index contributed by atoms with van der Waals surface area (Å²) < 4.78 is 1.57. The Morgan fingerprint density at radius 2 is 2.00 bits per heavy atom. The topological polar surface area (TPSA) is 48.0 Å². The lowest BCUT2D eigenvalue weighted by Gasteiger charge is -2.06. The van der Waals surface area contributed by atoms with Crippen LogP contribution in [0.5, 0.6) is 0 Å². The summed E-state index contributed by atoms with van der Waals surface area (Å²) in [5.74, 6) is 0. The minimum atomic E-state index is 0.00618. The van der Waals surface area contributed by atoms with Crippen LogP contribution in [0.1, 0.15) is 5.56 Å². The second-order valence-corrected chi connectivity index (χ2v) is 3.91. The van der Waals surface area contributed by atoms with E-state index in [1.54, 1.807) is 17.8 Å². The van der Waals surface area contributed by atoms with E-state index in [1.807, 2.05) is 37.3 Å². The van der Waals surface area contributed by atoms with E-state index in [4.69, 9.17) is 5.73 Å². The van der Waals surface area contributed by atoms with Gasteiger partial charge in [-0.15, -0.1) is 0 Å². The predicted octanol–water partition coefficient (Wildman–Crippen LogP) is 1.94. The molecule has 0 unspecified atom stereocenters. The average Bonchev–Trinajstić information content (AvgIpc) is 2.26. The number of aryl methyl sites for hydroxylation is 2. The Morgan fingerprint density at radius 1 is 1.25 bits per heavy atom. The Balaban J connectivity index is 2.64. The molecule has 0 radical (unpaired) electrons. The van der Waals surface area contributed by atoms with E-state index < -0.39 is 0 Å². The van der Waals surface area contributed by atoms with Gasteiger partial charge in [0.2, 0.25) is 0 Å². The highest BCUT2D eigenvalue weighted by Crippen LogP contribution is 2.20. The summed E-state index contributed by atoms with van der Waals surface area (Å²) in [5, 5.41) is 0. The lowest BCUT2D eigenvalue weighted by Crippen LogP contribution is -2.17. The Labute approximate surface area is 94.1 Å². The molecule has 16 heavy (non-hydrogen) atoms. The molecule has 0 spiro atoms. The third-order valence-corrected chi connectivity index (χ3v) is 2.70. The van der Waals surface area contributed by atoms with Crippen molar-refractivity contribution in [2.75, 3.05) is 5.73 Å². The minimum absolute atomic E-state index is 0.00618. The molecule has 0 saturated carbocycles. The summed E-state index contributed by atoms with van der Waals surface area (Å²) in [6.45, 7) is 1.94. The zero-order valence-electron chi connectivity index (χ0n) is 9.40. The van der Waals surface area contributed by atoms with Crippen LogP contribution in [0.2, 0.25) is 0 Å². The highest BCUT2D eigenvalue weighted by atomic mass is 16.1. The molecule has 0 fully saturated rings. The van der Waals surface area contributed by atoms with Crippen LogP contribution in [0.25, 0.3) is 11.1 Å². The van der Waals surface area contributed by atoms with E-state index in [0.29, 0.717) is 5.56 Å². The molecule has 82 valence electrons. The maximum Gasteiger partial charge on any atom is 0.258 e. The first-order valence-electron chi connectivity index (χ1n) is 5.12. The van der Waals surface area contributed by atoms with Crippen LogP contribution in [0.3, 0.4) is 0 Å². The number of anilines is 1. The Morgan fingerprint density at radius 3 is 2.69 bits per heavy atom. The number of benzene rings is 1. The summed E-state index contributed by atoms with van der Waals surface area (Å²) >= 11 is 0. The number of nitrogens with two attached hydrogens (primary N) is 1. The number of hydrogen-bond acceptors (Lipinski definition) is 2. The van der Waals surface area contributed by atoms with E-state index in [9.17, 15) is 4.79 Å². The monoisotopic (exact) mass is 214 g/mol. The van der Waals surface area contributed by atoms with Gasteiger partial charge in [-0.2, -0.15) is 0 Å². The van der Waals surface area contributed by atoms with Gasteiger partial charge in [-0.25, -0.2) is 0 Å². The van der Waals surface area contributed by atoms with Gasteiger partial charge < -0.3 is 10.3 Å². The molecule has 0 aliphatic heterocycles. The fourth-order valence-corrected chi connectivity index (χ4v) is 1.66. The fourth-order valence-electron chi connectivity index (χ4n) is 1.66. The number of pyridine rings is 1. The molecule has 2 N–H and O–H groups in total. The fraction of sp³-hybridized carbons (Fsp3) is 0.154. The van der Waals surface area contributed by atoms with Crippen LogP contribution >= 0.6 is 0 Å². The first-order valence-corrected chi connectivity index (χ1v) is 5.12. The molecule has 0 aliphatic carbocycles. The molecule has 3 nitrogen and oxygen atoms in total. The zero-order valence-corrected chi connectivity index (χ0v) is 9.40. The van der Waals surface area contributed by atoms with Crippen molar-refractivity contribution >= 4 is 5.69 Å². The van der Waals surface area contributed by atoms with Crippen molar-refractivity contribution in [3.8, 4) is 11.1 Å². The summed E-state index contributed by atoms with van der Waals surface area (Å²) in [6.07, 6.45) is 1.75. The molecule has 2 aromatic rings. The number of rotatable bonds is 1. The van der Waals surface area contributed by atoms with Crippen molar-refractivity contribution in [3.05, 3.63) is 52.4 Å². The van der Waals surface area contributed by atoms with E-state index in [1.165, 1.54) is 0 Å². The van der Waals surface area contributed by atoms with E-state index in [-0.39, 0.29) is 5.56 Å². The Hall–Kier alpha value is -2.03. The van der Waals surface area contributed by atoms with Gasteiger partial charge in [0.15, 0.2) is 0 Å². The van der Waals surface area contributed by atoms with Gasteiger partial charge in [0.1, 0.15) is 0 Å². The van der Waals surface area contributed by atoms with E-state index in [0.717, 1.165) is 16.8 Å². The predicted molar refractivity (Wildman–Crippen MR) is 66.3 cm³/mol. The van der Waals surface area contributed by atoms with Crippen molar-refractivity contribution in [3.63, 3.8) is 0 Å². The lowest BCUT2D eigenvalue weighted by atomic mass is 10.0. The number of nitrogens with zero attached hydrogens (tertiary/aromatic N) is 1. The van der Waals surface area contributed by atoms with Crippen LogP contribution in [-0.4, -0.2) is 4.57 Å². The van der Waals surface area contributed by atoms with Crippen LogP contribution in [0.15, 0.2) is 41.3 Å². The van der Waals surface area contributed by atoms with Crippen molar-refractivity contribution in [1.29, 1.82) is 0 Å². The average molecular weight is 214 g/mol. The standard InChI is InChI=1S/C13H14N2O/c1-9-8-10(5-6-12(9)14)11-4-3-7-15(2)13(11)16/h3-8H,14H2,1-2H3. The Kier molecular flexibility index (Phi) is 2.52. The summed E-state index contributed by atoms with van der Waals surface area (Å²) in [6, 6.07) is 9.33. The van der Waals surface area contributed by atoms with Crippen molar-refractivity contribution in [1.82, 2.24) is 4.57 Å².